The monoisotopic (exact) mass is 248 g/mol. The maximum Gasteiger partial charge on any atom is 0.161 e. The van der Waals surface area contributed by atoms with Gasteiger partial charge in [0.05, 0.1) is 0 Å². The molecule has 4 heteroatoms. The Kier molecular flexibility index (Phi) is 2.56. The number of hydrogen-bond acceptors (Lipinski definition) is 2. The summed E-state index contributed by atoms with van der Waals surface area (Å²) in [6, 6.07) is 7.94. The van der Waals surface area contributed by atoms with Crippen molar-refractivity contribution in [3.63, 3.8) is 0 Å². The average molecular weight is 249 g/mol. The van der Waals surface area contributed by atoms with Crippen LogP contribution in [0.3, 0.4) is 0 Å². The van der Waals surface area contributed by atoms with Crippen molar-refractivity contribution in [2.24, 2.45) is 0 Å². The smallest absolute Gasteiger partial charge is 0.161 e. The summed E-state index contributed by atoms with van der Waals surface area (Å²) in [5, 5.41) is 0.446. The van der Waals surface area contributed by atoms with Crippen LogP contribution in [0.25, 0.3) is 11.4 Å². The number of hydrogen-bond donors (Lipinski definition) is 0. The van der Waals surface area contributed by atoms with Crippen molar-refractivity contribution in [3.8, 4) is 11.4 Å². The summed E-state index contributed by atoms with van der Waals surface area (Å²) in [6.07, 6.45) is 2.33. The second kappa shape index (κ2) is 4.08. The third kappa shape index (κ3) is 2.29. The standard InChI is InChI=1S/C13H10ClFN2/c14-12-7-11(8-1-2-8)16-13(17-12)9-3-5-10(15)6-4-9/h3-8H,1-2H2. The van der Waals surface area contributed by atoms with Crippen molar-refractivity contribution in [3.05, 3.63) is 47.0 Å². The van der Waals surface area contributed by atoms with Crippen LogP contribution in [0.1, 0.15) is 24.5 Å². The van der Waals surface area contributed by atoms with Crippen molar-refractivity contribution in [1.82, 2.24) is 9.97 Å². The quantitative estimate of drug-likeness (QED) is 0.755. The van der Waals surface area contributed by atoms with Crippen LogP contribution >= 0.6 is 11.6 Å². The molecule has 1 saturated carbocycles. The summed E-state index contributed by atoms with van der Waals surface area (Å²) in [4.78, 5) is 8.65. The first kappa shape index (κ1) is 10.7. The van der Waals surface area contributed by atoms with Gasteiger partial charge < -0.3 is 0 Å². The molecule has 0 amide bonds. The fourth-order valence-electron chi connectivity index (χ4n) is 1.75. The molecule has 3 rings (SSSR count). The molecule has 17 heavy (non-hydrogen) atoms. The Hall–Kier alpha value is -1.48. The van der Waals surface area contributed by atoms with Crippen LogP contribution in [0.2, 0.25) is 5.15 Å². The van der Waals surface area contributed by atoms with Gasteiger partial charge in [-0.2, -0.15) is 0 Å². The Bertz CT molecular complexity index is 550. The maximum atomic E-state index is 12.8. The minimum absolute atomic E-state index is 0.266. The number of aromatic nitrogens is 2. The molecule has 0 atom stereocenters. The summed E-state index contributed by atoms with van der Waals surface area (Å²) < 4.78 is 12.8. The molecule has 1 heterocycles. The van der Waals surface area contributed by atoms with E-state index in [0.29, 0.717) is 16.9 Å². The Morgan fingerprint density at radius 2 is 1.82 bits per heavy atom. The minimum atomic E-state index is -0.266. The molecule has 0 spiro atoms. The normalized spacial score (nSPS) is 14.9. The lowest BCUT2D eigenvalue weighted by Crippen LogP contribution is -1.94. The Morgan fingerprint density at radius 1 is 1.12 bits per heavy atom. The van der Waals surface area contributed by atoms with E-state index in [0.717, 1.165) is 24.1 Å². The Morgan fingerprint density at radius 3 is 2.47 bits per heavy atom. The predicted octanol–water partition coefficient (Wildman–Crippen LogP) is 3.81. The highest BCUT2D eigenvalue weighted by Gasteiger charge is 2.26. The zero-order valence-electron chi connectivity index (χ0n) is 9.03. The summed E-state index contributed by atoms with van der Waals surface area (Å²) >= 11 is 5.98. The lowest BCUT2D eigenvalue weighted by molar-refractivity contribution is 0.628. The molecule has 0 saturated heterocycles. The highest BCUT2D eigenvalue weighted by atomic mass is 35.5. The Labute approximate surface area is 103 Å². The molecule has 0 radical (unpaired) electrons. The summed E-state index contributed by atoms with van der Waals surface area (Å²) in [5.41, 5.74) is 1.78. The molecule has 1 fully saturated rings. The molecule has 0 bridgehead atoms. The molecule has 2 nitrogen and oxygen atoms in total. The van der Waals surface area contributed by atoms with E-state index in [1.54, 1.807) is 12.1 Å². The molecule has 1 aliphatic rings. The van der Waals surface area contributed by atoms with Gasteiger partial charge in [0.2, 0.25) is 0 Å². The highest BCUT2D eigenvalue weighted by molar-refractivity contribution is 6.29. The molecule has 0 N–H and O–H groups in total. The summed E-state index contributed by atoms with van der Waals surface area (Å²) in [6.45, 7) is 0. The van der Waals surface area contributed by atoms with Gasteiger partial charge in [-0.15, -0.1) is 0 Å². The second-order valence-corrected chi connectivity index (χ2v) is 4.61. The highest BCUT2D eigenvalue weighted by Crippen LogP contribution is 2.40. The SMILES string of the molecule is Fc1ccc(-c2nc(Cl)cc(C3CC3)n2)cc1. The zero-order valence-corrected chi connectivity index (χ0v) is 9.78. The number of nitrogens with zero attached hydrogens (tertiary/aromatic N) is 2. The van der Waals surface area contributed by atoms with Crippen LogP contribution in [-0.2, 0) is 0 Å². The van der Waals surface area contributed by atoms with Crippen molar-refractivity contribution in [1.29, 1.82) is 0 Å². The molecule has 1 aromatic heterocycles. The first-order valence-corrected chi connectivity index (χ1v) is 5.90. The van der Waals surface area contributed by atoms with E-state index in [1.165, 1.54) is 12.1 Å². The largest absolute Gasteiger partial charge is 0.233 e. The van der Waals surface area contributed by atoms with Gasteiger partial charge in [0, 0.05) is 17.2 Å². The van der Waals surface area contributed by atoms with Crippen molar-refractivity contribution in [2.45, 2.75) is 18.8 Å². The topological polar surface area (TPSA) is 25.8 Å². The van der Waals surface area contributed by atoms with Crippen molar-refractivity contribution in [2.75, 3.05) is 0 Å². The van der Waals surface area contributed by atoms with E-state index in [-0.39, 0.29) is 5.82 Å². The van der Waals surface area contributed by atoms with E-state index in [1.807, 2.05) is 6.07 Å². The van der Waals surface area contributed by atoms with Gasteiger partial charge in [0.15, 0.2) is 5.82 Å². The average Bonchev–Trinajstić information content (AvgIpc) is 3.13. The van der Waals surface area contributed by atoms with E-state index >= 15 is 0 Å². The first-order chi connectivity index (χ1) is 8.22. The molecular formula is C13H10ClFN2. The van der Waals surface area contributed by atoms with Gasteiger partial charge in [-0.1, -0.05) is 11.6 Å². The van der Waals surface area contributed by atoms with Gasteiger partial charge in [-0.05, 0) is 43.2 Å². The van der Waals surface area contributed by atoms with Crippen molar-refractivity contribution >= 4 is 11.6 Å². The molecule has 1 aromatic carbocycles. The maximum absolute atomic E-state index is 12.8. The molecular weight excluding hydrogens is 239 g/mol. The zero-order chi connectivity index (χ0) is 11.8. The van der Waals surface area contributed by atoms with E-state index < -0.39 is 0 Å². The van der Waals surface area contributed by atoms with Crippen LogP contribution in [0, 0.1) is 5.82 Å². The lowest BCUT2D eigenvalue weighted by atomic mass is 10.2. The molecule has 2 aromatic rings. The third-order valence-corrected chi connectivity index (χ3v) is 3.01. The van der Waals surface area contributed by atoms with Crippen molar-refractivity contribution < 1.29 is 4.39 Å². The predicted molar refractivity (Wildman–Crippen MR) is 64.4 cm³/mol. The van der Waals surface area contributed by atoms with Crippen LogP contribution in [0.4, 0.5) is 4.39 Å². The van der Waals surface area contributed by atoms with Gasteiger partial charge in [0.25, 0.3) is 0 Å². The Balaban J connectivity index is 2.04. The fraction of sp³-hybridized carbons (Fsp3) is 0.231. The molecule has 0 unspecified atom stereocenters. The first-order valence-electron chi connectivity index (χ1n) is 5.53. The molecule has 86 valence electrons. The minimum Gasteiger partial charge on any atom is -0.233 e. The molecule has 1 aliphatic carbocycles. The fourth-order valence-corrected chi connectivity index (χ4v) is 1.94. The number of rotatable bonds is 2. The third-order valence-electron chi connectivity index (χ3n) is 2.81. The van der Waals surface area contributed by atoms with Crippen LogP contribution in [0.15, 0.2) is 30.3 Å². The van der Waals surface area contributed by atoms with Gasteiger partial charge in [-0.25, -0.2) is 14.4 Å². The molecule has 0 aliphatic heterocycles. The van der Waals surface area contributed by atoms with E-state index in [4.69, 9.17) is 11.6 Å². The summed E-state index contributed by atoms with van der Waals surface area (Å²) in [7, 11) is 0. The van der Waals surface area contributed by atoms with Gasteiger partial charge >= 0.3 is 0 Å². The number of halogens is 2. The van der Waals surface area contributed by atoms with E-state index in [9.17, 15) is 4.39 Å². The second-order valence-electron chi connectivity index (χ2n) is 4.22. The number of benzene rings is 1. The van der Waals surface area contributed by atoms with E-state index in [2.05, 4.69) is 9.97 Å². The van der Waals surface area contributed by atoms with Crippen LogP contribution < -0.4 is 0 Å². The van der Waals surface area contributed by atoms with Crippen LogP contribution in [0.5, 0.6) is 0 Å². The van der Waals surface area contributed by atoms with Crippen LogP contribution in [-0.4, -0.2) is 9.97 Å². The lowest BCUT2D eigenvalue weighted by Gasteiger charge is -2.04. The van der Waals surface area contributed by atoms with Gasteiger partial charge in [0.1, 0.15) is 11.0 Å². The van der Waals surface area contributed by atoms with Gasteiger partial charge in [-0.3, -0.25) is 0 Å². The summed E-state index contributed by atoms with van der Waals surface area (Å²) in [5.74, 6) is 0.826.